The van der Waals surface area contributed by atoms with Crippen molar-refractivity contribution >= 4 is 48.9 Å². The number of sulfonamides is 1. The highest BCUT2D eigenvalue weighted by molar-refractivity contribution is 9.10. The van der Waals surface area contributed by atoms with Gasteiger partial charge in [0.05, 0.1) is 10.8 Å². The molecular formula is C14H15BrClNO2S2. The fourth-order valence-electron chi connectivity index (χ4n) is 1.97. The number of hydrogen-bond donors (Lipinski definition) is 0. The Hall–Kier alpha value is -0.400. The molecule has 1 aromatic carbocycles. The van der Waals surface area contributed by atoms with Crippen LogP contribution in [0.1, 0.15) is 15.3 Å². The van der Waals surface area contributed by atoms with Crippen LogP contribution < -0.4 is 0 Å². The van der Waals surface area contributed by atoms with Gasteiger partial charge in [0.1, 0.15) is 0 Å². The first-order valence-electron chi connectivity index (χ1n) is 6.21. The monoisotopic (exact) mass is 407 g/mol. The number of benzene rings is 1. The van der Waals surface area contributed by atoms with Crippen molar-refractivity contribution in [2.45, 2.75) is 24.2 Å². The van der Waals surface area contributed by atoms with Crippen molar-refractivity contribution in [3.8, 4) is 0 Å². The van der Waals surface area contributed by atoms with E-state index >= 15 is 0 Å². The Morgan fingerprint density at radius 3 is 2.57 bits per heavy atom. The standard InChI is InChI=1S/C14H15BrClNO2S2/c1-10-14(7-12(8-16)20-10)21(18,19)17(2)9-11-5-3-4-6-13(11)15/h3-7H,8-9H2,1-2H3. The highest BCUT2D eigenvalue weighted by atomic mass is 79.9. The van der Waals surface area contributed by atoms with Crippen LogP contribution >= 0.6 is 38.9 Å². The third kappa shape index (κ3) is 3.68. The van der Waals surface area contributed by atoms with Gasteiger partial charge in [-0.1, -0.05) is 34.1 Å². The molecule has 21 heavy (non-hydrogen) atoms. The summed E-state index contributed by atoms with van der Waals surface area (Å²) in [6.07, 6.45) is 0. The van der Waals surface area contributed by atoms with Crippen LogP contribution in [0.25, 0.3) is 0 Å². The summed E-state index contributed by atoms with van der Waals surface area (Å²) in [5.74, 6) is 0.328. The minimum absolute atomic E-state index is 0.315. The smallest absolute Gasteiger partial charge is 0.207 e. The van der Waals surface area contributed by atoms with Gasteiger partial charge >= 0.3 is 0 Å². The van der Waals surface area contributed by atoms with Gasteiger partial charge in [-0.05, 0) is 24.6 Å². The van der Waals surface area contributed by atoms with Gasteiger partial charge in [-0.3, -0.25) is 0 Å². The molecule has 2 aromatic rings. The van der Waals surface area contributed by atoms with E-state index in [1.54, 1.807) is 20.0 Å². The normalized spacial score (nSPS) is 12.0. The number of halogens is 2. The molecule has 0 aliphatic heterocycles. The molecule has 114 valence electrons. The summed E-state index contributed by atoms with van der Waals surface area (Å²) < 4.78 is 27.6. The molecule has 0 saturated heterocycles. The lowest BCUT2D eigenvalue weighted by Gasteiger charge is -2.17. The predicted molar refractivity (Wildman–Crippen MR) is 91.4 cm³/mol. The molecule has 0 saturated carbocycles. The zero-order valence-corrected chi connectivity index (χ0v) is 15.6. The molecular weight excluding hydrogens is 394 g/mol. The van der Waals surface area contributed by atoms with Crippen LogP contribution in [0.2, 0.25) is 0 Å². The maximum Gasteiger partial charge on any atom is 0.244 e. The third-order valence-corrected chi connectivity index (χ3v) is 7.42. The van der Waals surface area contributed by atoms with E-state index in [1.807, 2.05) is 24.3 Å². The van der Waals surface area contributed by atoms with E-state index in [1.165, 1.54) is 15.6 Å². The molecule has 0 bridgehead atoms. The molecule has 0 radical (unpaired) electrons. The number of hydrogen-bond acceptors (Lipinski definition) is 3. The van der Waals surface area contributed by atoms with E-state index in [4.69, 9.17) is 11.6 Å². The summed E-state index contributed by atoms with van der Waals surface area (Å²) in [7, 11) is -1.92. The van der Waals surface area contributed by atoms with E-state index in [9.17, 15) is 8.42 Å². The lowest BCUT2D eigenvalue weighted by atomic mass is 10.2. The topological polar surface area (TPSA) is 37.4 Å². The van der Waals surface area contributed by atoms with Crippen LogP contribution in [0.4, 0.5) is 0 Å². The number of alkyl halides is 1. The van der Waals surface area contributed by atoms with Crippen molar-refractivity contribution < 1.29 is 8.42 Å². The Kier molecular flexibility index (Phi) is 5.48. The van der Waals surface area contributed by atoms with Crippen molar-refractivity contribution in [3.05, 3.63) is 50.1 Å². The Morgan fingerprint density at radius 2 is 2.00 bits per heavy atom. The molecule has 0 spiro atoms. The van der Waals surface area contributed by atoms with Gasteiger partial charge in [-0.15, -0.1) is 22.9 Å². The lowest BCUT2D eigenvalue weighted by Crippen LogP contribution is -2.26. The average Bonchev–Trinajstić information content (AvgIpc) is 2.83. The number of rotatable bonds is 5. The second-order valence-corrected chi connectivity index (χ2v) is 9.10. The number of nitrogens with zero attached hydrogens (tertiary/aromatic N) is 1. The van der Waals surface area contributed by atoms with Gasteiger partial charge in [0, 0.05) is 27.8 Å². The van der Waals surface area contributed by atoms with Gasteiger partial charge in [0.2, 0.25) is 10.0 Å². The molecule has 0 amide bonds. The second-order valence-electron chi connectivity index (χ2n) is 4.62. The van der Waals surface area contributed by atoms with Crippen molar-refractivity contribution in [2.24, 2.45) is 0 Å². The molecule has 0 fully saturated rings. The van der Waals surface area contributed by atoms with Crippen LogP contribution in [0.15, 0.2) is 39.7 Å². The van der Waals surface area contributed by atoms with Gasteiger partial charge in [0.15, 0.2) is 0 Å². The minimum atomic E-state index is -3.51. The first-order valence-corrected chi connectivity index (χ1v) is 9.79. The Morgan fingerprint density at radius 1 is 1.33 bits per heavy atom. The van der Waals surface area contributed by atoms with E-state index < -0.39 is 10.0 Å². The molecule has 3 nitrogen and oxygen atoms in total. The van der Waals surface area contributed by atoms with Crippen LogP contribution in [0, 0.1) is 6.92 Å². The zero-order chi connectivity index (χ0) is 15.6. The molecule has 0 atom stereocenters. The third-order valence-electron chi connectivity index (χ3n) is 3.09. The summed E-state index contributed by atoms with van der Waals surface area (Å²) >= 11 is 10.6. The van der Waals surface area contributed by atoms with E-state index in [-0.39, 0.29) is 0 Å². The van der Waals surface area contributed by atoms with Crippen molar-refractivity contribution in [1.82, 2.24) is 4.31 Å². The maximum absolute atomic E-state index is 12.7. The first-order chi connectivity index (χ1) is 9.86. The molecule has 1 aromatic heterocycles. The van der Waals surface area contributed by atoms with Crippen LogP contribution in [0.3, 0.4) is 0 Å². The van der Waals surface area contributed by atoms with Crippen molar-refractivity contribution in [3.63, 3.8) is 0 Å². The largest absolute Gasteiger partial charge is 0.244 e. The Labute approximate surface area is 142 Å². The minimum Gasteiger partial charge on any atom is -0.207 e. The highest BCUT2D eigenvalue weighted by Gasteiger charge is 2.25. The Balaban J connectivity index is 2.30. The van der Waals surface area contributed by atoms with Crippen molar-refractivity contribution in [1.29, 1.82) is 0 Å². The van der Waals surface area contributed by atoms with Crippen LogP contribution in [-0.4, -0.2) is 19.8 Å². The second kappa shape index (κ2) is 6.79. The summed E-state index contributed by atoms with van der Waals surface area (Å²) in [5.41, 5.74) is 0.925. The lowest BCUT2D eigenvalue weighted by molar-refractivity contribution is 0.466. The van der Waals surface area contributed by atoms with Crippen LogP contribution in [0.5, 0.6) is 0 Å². The van der Waals surface area contributed by atoms with E-state index in [0.717, 1.165) is 19.8 Å². The van der Waals surface area contributed by atoms with Gasteiger partial charge in [-0.2, -0.15) is 4.31 Å². The van der Waals surface area contributed by atoms with Crippen LogP contribution in [-0.2, 0) is 22.4 Å². The quantitative estimate of drug-likeness (QED) is 0.689. The molecule has 1 heterocycles. The molecule has 2 rings (SSSR count). The Bertz CT molecular complexity index is 743. The van der Waals surface area contributed by atoms with Gasteiger partial charge < -0.3 is 0 Å². The molecule has 0 aliphatic carbocycles. The van der Waals surface area contributed by atoms with Gasteiger partial charge in [0.25, 0.3) is 0 Å². The zero-order valence-electron chi connectivity index (χ0n) is 11.6. The predicted octanol–water partition coefficient (Wildman–Crippen LogP) is 4.38. The van der Waals surface area contributed by atoms with E-state index in [0.29, 0.717) is 17.3 Å². The maximum atomic E-state index is 12.7. The fraction of sp³-hybridized carbons (Fsp3) is 0.286. The highest BCUT2D eigenvalue weighted by Crippen LogP contribution is 2.29. The van der Waals surface area contributed by atoms with Gasteiger partial charge in [-0.25, -0.2) is 8.42 Å². The summed E-state index contributed by atoms with van der Waals surface area (Å²) in [5, 5.41) is 0. The number of thiophene rings is 1. The molecule has 0 aliphatic rings. The summed E-state index contributed by atoms with van der Waals surface area (Å²) in [6.45, 7) is 2.12. The average molecular weight is 409 g/mol. The molecule has 0 N–H and O–H groups in total. The molecule has 7 heteroatoms. The van der Waals surface area contributed by atoms with E-state index in [2.05, 4.69) is 15.9 Å². The summed E-state index contributed by atoms with van der Waals surface area (Å²) in [4.78, 5) is 1.98. The van der Waals surface area contributed by atoms with Crippen molar-refractivity contribution in [2.75, 3.05) is 7.05 Å². The molecule has 0 unspecified atom stereocenters. The fourth-order valence-corrected chi connectivity index (χ4v) is 5.22. The summed E-state index contributed by atoms with van der Waals surface area (Å²) in [6, 6.07) is 9.26. The first kappa shape index (κ1) is 17.0. The SMILES string of the molecule is Cc1sc(CCl)cc1S(=O)(=O)N(C)Cc1ccccc1Br. The number of aryl methyl sites for hydroxylation is 1.